The summed E-state index contributed by atoms with van der Waals surface area (Å²) in [7, 11) is 0. The van der Waals surface area contributed by atoms with E-state index in [1.54, 1.807) is 32.0 Å². The zero-order valence-corrected chi connectivity index (χ0v) is 11.8. The highest BCUT2D eigenvalue weighted by Gasteiger charge is 2.12. The first-order valence-electron chi connectivity index (χ1n) is 6.39. The minimum Gasteiger partial charge on any atom is -0.320 e. The van der Waals surface area contributed by atoms with Crippen molar-refractivity contribution >= 4 is 11.9 Å². The monoisotopic (exact) mass is 281 g/mol. The molecule has 0 unspecified atom stereocenters. The average molecular weight is 281 g/mol. The molecule has 1 heterocycles. The second-order valence-corrected chi connectivity index (χ2v) is 4.31. The van der Waals surface area contributed by atoms with Gasteiger partial charge >= 0.3 is 0 Å². The minimum absolute atomic E-state index is 0.171. The SMILES string of the molecule is Cc1nnc(NC(=O)c2ccccc2C#CCN)nc1C. The lowest BCUT2D eigenvalue weighted by atomic mass is 10.1. The number of anilines is 1. The summed E-state index contributed by atoms with van der Waals surface area (Å²) >= 11 is 0. The molecule has 6 nitrogen and oxygen atoms in total. The van der Waals surface area contributed by atoms with Crippen LogP contribution < -0.4 is 11.1 Å². The molecule has 6 heteroatoms. The maximum atomic E-state index is 12.3. The highest BCUT2D eigenvalue weighted by molar-refractivity contribution is 6.05. The normalized spacial score (nSPS) is 9.67. The molecule has 0 atom stereocenters. The van der Waals surface area contributed by atoms with Crippen LogP contribution >= 0.6 is 0 Å². The number of rotatable bonds is 2. The molecule has 1 aromatic heterocycles. The van der Waals surface area contributed by atoms with Gasteiger partial charge in [-0.3, -0.25) is 10.1 Å². The lowest BCUT2D eigenvalue weighted by Gasteiger charge is -2.06. The summed E-state index contributed by atoms with van der Waals surface area (Å²) in [4.78, 5) is 16.4. The van der Waals surface area contributed by atoms with Crippen molar-refractivity contribution in [2.75, 3.05) is 11.9 Å². The Morgan fingerprint density at radius 3 is 2.71 bits per heavy atom. The van der Waals surface area contributed by atoms with E-state index in [1.807, 2.05) is 6.07 Å². The van der Waals surface area contributed by atoms with Gasteiger partial charge in [-0.2, -0.15) is 5.10 Å². The number of amides is 1. The summed E-state index contributed by atoms with van der Waals surface area (Å²) in [5, 5.41) is 10.4. The highest BCUT2D eigenvalue weighted by atomic mass is 16.1. The molecule has 1 aromatic carbocycles. The van der Waals surface area contributed by atoms with Gasteiger partial charge in [0.05, 0.1) is 23.5 Å². The molecule has 1 amide bonds. The Balaban J connectivity index is 2.26. The van der Waals surface area contributed by atoms with Crippen molar-refractivity contribution in [1.82, 2.24) is 15.2 Å². The number of aromatic nitrogens is 3. The van der Waals surface area contributed by atoms with E-state index in [4.69, 9.17) is 5.73 Å². The average Bonchev–Trinajstić information content (AvgIpc) is 2.49. The predicted molar refractivity (Wildman–Crippen MR) is 79.6 cm³/mol. The van der Waals surface area contributed by atoms with E-state index in [1.165, 1.54) is 0 Å². The molecular weight excluding hydrogens is 266 g/mol. The number of aryl methyl sites for hydroxylation is 2. The molecule has 0 aliphatic rings. The summed E-state index contributed by atoms with van der Waals surface area (Å²) < 4.78 is 0. The van der Waals surface area contributed by atoms with E-state index in [-0.39, 0.29) is 18.4 Å². The van der Waals surface area contributed by atoms with E-state index in [0.29, 0.717) is 11.1 Å². The first kappa shape index (κ1) is 14.6. The van der Waals surface area contributed by atoms with Crippen molar-refractivity contribution in [2.24, 2.45) is 5.73 Å². The largest absolute Gasteiger partial charge is 0.320 e. The second kappa shape index (κ2) is 6.59. The summed E-state index contributed by atoms with van der Waals surface area (Å²) in [5.74, 6) is 5.44. The van der Waals surface area contributed by atoms with Gasteiger partial charge in [0.1, 0.15) is 0 Å². The minimum atomic E-state index is -0.332. The fourth-order valence-corrected chi connectivity index (χ4v) is 1.62. The number of hydrogen-bond acceptors (Lipinski definition) is 5. The van der Waals surface area contributed by atoms with Crippen LogP contribution in [-0.2, 0) is 0 Å². The molecule has 0 radical (unpaired) electrons. The lowest BCUT2D eigenvalue weighted by molar-refractivity contribution is 0.102. The van der Waals surface area contributed by atoms with Gasteiger partial charge in [-0.05, 0) is 26.0 Å². The molecule has 0 saturated heterocycles. The van der Waals surface area contributed by atoms with E-state index >= 15 is 0 Å². The molecule has 0 spiro atoms. The van der Waals surface area contributed by atoms with Crippen LogP contribution in [0.5, 0.6) is 0 Å². The Morgan fingerprint density at radius 2 is 2.00 bits per heavy atom. The summed E-state index contributed by atoms with van der Waals surface area (Å²) in [6.45, 7) is 3.85. The smallest absolute Gasteiger partial charge is 0.259 e. The van der Waals surface area contributed by atoms with E-state index in [0.717, 1.165) is 11.4 Å². The Bertz CT molecular complexity index is 730. The maximum absolute atomic E-state index is 12.3. The van der Waals surface area contributed by atoms with Gasteiger partial charge in [0.2, 0.25) is 5.95 Å². The van der Waals surface area contributed by atoms with Crippen LogP contribution in [0.3, 0.4) is 0 Å². The molecule has 0 saturated carbocycles. The molecule has 3 N–H and O–H groups in total. The third-order valence-corrected chi connectivity index (χ3v) is 2.81. The van der Waals surface area contributed by atoms with Gasteiger partial charge in [0.25, 0.3) is 5.91 Å². The van der Waals surface area contributed by atoms with E-state index in [2.05, 4.69) is 32.3 Å². The third-order valence-electron chi connectivity index (χ3n) is 2.81. The number of nitrogens with zero attached hydrogens (tertiary/aromatic N) is 3. The quantitative estimate of drug-likeness (QED) is 0.802. The third kappa shape index (κ3) is 3.61. The van der Waals surface area contributed by atoms with Crippen molar-refractivity contribution in [3.63, 3.8) is 0 Å². The number of hydrogen-bond donors (Lipinski definition) is 2. The van der Waals surface area contributed by atoms with Gasteiger partial charge in [-0.15, -0.1) is 5.10 Å². The molecule has 0 bridgehead atoms. The van der Waals surface area contributed by atoms with Crippen LogP contribution in [0.4, 0.5) is 5.95 Å². The molecule has 21 heavy (non-hydrogen) atoms. The number of nitrogens with two attached hydrogens (primary N) is 1. The number of benzene rings is 1. The predicted octanol–water partition coefficient (Wildman–Crippen LogP) is 1.05. The van der Waals surface area contributed by atoms with Crippen molar-refractivity contribution in [1.29, 1.82) is 0 Å². The van der Waals surface area contributed by atoms with Gasteiger partial charge < -0.3 is 5.73 Å². The van der Waals surface area contributed by atoms with E-state index in [9.17, 15) is 4.79 Å². The van der Waals surface area contributed by atoms with Crippen LogP contribution in [0.2, 0.25) is 0 Å². The summed E-state index contributed by atoms with van der Waals surface area (Å²) in [6.07, 6.45) is 0. The summed E-state index contributed by atoms with van der Waals surface area (Å²) in [5.41, 5.74) is 7.85. The molecule has 106 valence electrons. The van der Waals surface area contributed by atoms with Crippen molar-refractivity contribution in [3.05, 3.63) is 46.8 Å². The summed E-state index contributed by atoms with van der Waals surface area (Å²) in [6, 6.07) is 7.02. The second-order valence-electron chi connectivity index (χ2n) is 4.31. The lowest BCUT2D eigenvalue weighted by Crippen LogP contribution is -2.16. The molecule has 0 aliphatic heterocycles. The molecular formula is C15H15N5O. The molecule has 0 aliphatic carbocycles. The van der Waals surface area contributed by atoms with E-state index < -0.39 is 0 Å². The topological polar surface area (TPSA) is 93.8 Å². The van der Waals surface area contributed by atoms with Crippen molar-refractivity contribution < 1.29 is 4.79 Å². The van der Waals surface area contributed by atoms with Gasteiger partial charge in [-0.1, -0.05) is 24.0 Å². The Morgan fingerprint density at radius 1 is 1.24 bits per heavy atom. The Hall–Kier alpha value is -2.78. The highest BCUT2D eigenvalue weighted by Crippen LogP contribution is 2.10. The fraction of sp³-hybridized carbons (Fsp3) is 0.200. The van der Waals surface area contributed by atoms with Crippen LogP contribution in [0.1, 0.15) is 27.3 Å². The van der Waals surface area contributed by atoms with Gasteiger partial charge in [-0.25, -0.2) is 4.98 Å². The van der Waals surface area contributed by atoms with Crippen LogP contribution in [0, 0.1) is 25.7 Å². The molecule has 0 fully saturated rings. The number of carbonyl (C=O) groups is 1. The van der Waals surface area contributed by atoms with Crippen LogP contribution in [0.25, 0.3) is 0 Å². The van der Waals surface area contributed by atoms with Gasteiger partial charge in [0, 0.05) is 5.56 Å². The Labute approximate surface area is 122 Å². The van der Waals surface area contributed by atoms with Crippen molar-refractivity contribution in [3.8, 4) is 11.8 Å². The Kier molecular flexibility index (Phi) is 4.59. The first-order chi connectivity index (χ1) is 10.1. The van der Waals surface area contributed by atoms with Crippen LogP contribution in [0.15, 0.2) is 24.3 Å². The zero-order valence-electron chi connectivity index (χ0n) is 11.8. The first-order valence-corrected chi connectivity index (χ1v) is 6.39. The van der Waals surface area contributed by atoms with Gasteiger partial charge in [0.15, 0.2) is 0 Å². The van der Waals surface area contributed by atoms with Crippen LogP contribution in [-0.4, -0.2) is 27.6 Å². The number of carbonyl (C=O) groups excluding carboxylic acids is 1. The number of nitrogens with one attached hydrogen (secondary N) is 1. The standard InChI is InChI=1S/C15H15N5O/c1-10-11(2)19-20-15(17-10)18-14(21)13-8-4-3-6-12(13)7-5-9-16/h3-4,6,8H,9,16H2,1-2H3,(H,17,18,20,21). The molecule has 2 aromatic rings. The fourth-order valence-electron chi connectivity index (χ4n) is 1.62. The van der Waals surface area contributed by atoms with Crippen molar-refractivity contribution in [2.45, 2.75) is 13.8 Å². The molecule has 2 rings (SSSR count). The maximum Gasteiger partial charge on any atom is 0.259 e. The zero-order chi connectivity index (χ0) is 15.2.